The van der Waals surface area contributed by atoms with Crippen LogP contribution in [0.25, 0.3) is 0 Å². The summed E-state index contributed by atoms with van der Waals surface area (Å²) < 4.78 is 6.67. The Morgan fingerprint density at radius 3 is 1.87 bits per heavy atom. The first-order valence-electron chi connectivity index (χ1n) is 6.65. The first kappa shape index (κ1) is 13.4. The van der Waals surface area contributed by atoms with Gasteiger partial charge in [-0.05, 0) is 0 Å². The fourth-order valence-electron chi connectivity index (χ4n) is 3.13. The zero-order valence-corrected chi connectivity index (χ0v) is 13.1. The van der Waals surface area contributed by atoms with Gasteiger partial charge in [0, 0.05) is 0 Å². The minimum atomic E-state index is -1.88. The topological polar surface area (TPSA) is 0 Å². The summed E-state index contributed by atoms with van der Waals surface area (Å²) in [5.41, 5.74) is 0. The molecule has 0 amide bonds. The van der Waals surface area contributed by atoms with E-state index < -0.39 is 20.3 Å². The monoisotopic (exact) mass is 284 g/mol. The molecule has 0 nitrogen and oxygen atoms in total. The van der Waals surface area contributed by atoms with Gasteiger partial charge >= 0.3 is 101 Å². The summed E-state index contributed by atoms with van der Waals surface area (Å²) >= 11 is -1.88. The van der Waals surface area contributed by atoms with Gasteiger partial charge in [0.2, 0.25) is 0 Å². The van der Waals surface area contributed by atoms with Crippen LogP contribution in [-0.2, 0) is 20.3 Å². The van der Waals surface area contributed by atoms with Gasteiger partial charge in [-0.15, -0.1) is 0 Å². The molecule has 0 saturated heterocycles. The van der Waals surface area contributed by atoms with Gasteiger partial charge < -0.3 is 0 Å². The predicted octanol–water partition coefficient (Wildman–Crippen LogP) is 5.47. The molecule has 1 rings (SSSR count). The van der Waals surface area contributed by atoms with E-state index in [0.29, 0.717) is 0 Å². The molecule has 0 radical (unpaired) electrons. The fourth-order valence-corrected chi connectivity index (χ4v) is 16.9. The Morgan fingerprint density at radius 1 is 1.00 bits per heavy atom. The van der Waals surface area contributed by atoms with Crippen LogP contribution in [-0.4, -0.2) is 0 Å². The van der Waals surface area contributed by atoms with Crippen LogP contribution in [0.1, 0.15) is 46.5 Å². The van der Waals surface area contributed by atoms with Crippen LogP contribution >= 0.6 is 0 Å². The fraction of sp³-hybridized carbons (Fsp3) is 0.714. The Kier molecular flexibility index (Phi) is 6.12. The van der Waals surface area contributed by atoms with E-state index in [1.807, 2.05) is 3.28 Å². The molecule has 0 aliphatic heterocycles. The second kappa shape index (κ2) is 6.84. The molecule has 0 fully saturated rings. The maximum atomic E-state index is 2.47. The summed E-state index contributed by atoms with van der Waals surface area (Å²) in [4.78, 5) is 0. The average Bonchev–Trinajstić information content (AvgIpc) is 2.72. The third kappa shape index (κ3) is 3.41. The molecule has 0 aromatic rings. The van der Waals surface area contributed by atoms with Crippen molar-refractivity contribution in [1.82, 2.24) is 0 Å². The molecule has 15 heavy (non-hydrogen) atoms. The van der Waals surface area contributed by atoms with Crippen LogP contribution in [0.2, 0.25) is 12.4 Å². The third-order valence-corrected chi connectivity index (χ3v) is 18.6. The van der Waals surface area contributed by atoms with E-state index in [0.717, 1.165) is 0 Å². The Labute approximate surface area is 100 Å². The molecule has 0 saturated carbocycles. The van der Waals surface area contributed by atoms with Crippen molar-refractivity contribution in [2.75, 3.05) is 0 Å². The summed E-state index contributed by atoms with van der Waals surface area (Å²) in [6.07, 6.45) is 12.7. The zero-order valence-electron chi connectivity index (χ0n) is 10.7. The van der Waals surface area contributed by atoms with Crippen LogP contribution in [0.15, 0.2) is 21.5 Å². The molecule has 1 aliphatic carbocycles. The SMILES string of the molecule is CC[CH2][Zr]([CH2]CC)([CH2]CC)[C]1=CC=CC1. The van der Waals surface area contributed by atoms with Crippen molar-refractivity contribution in [2.45, 2.75) is 58.8 Å². The van der Waals surface area contributed by atoms with Crippen molar-refractivity contribution in [3.8, 4) is 0 Å². The number of allylic oxidation sites excluding steroid dienone is 4. The van der Waals surface area contributed by atoms with Crippen LogP contribution in [0.5, 0.6) is 0 Å². The average molecular weight is 286 g/mol. The molecule has 0 atom stereocenters. The van der Waals surface area contributed by atoms with Gasteiger partial charge in [-0.3, -0.25) is 0 Å². The Hall–Kier alpha value is 0.363. The summed E-state index contributed by atoms with van der Waals surface area (Å²) in [5.74, 6) is 0. The molecular formula is C14H26Zr. The second-order valence-electron chi connectivity index (χ2n) is 4.85. The molecular weight excluding hydrogens is 259 g/mol. The van der Waals surface area contributed by atoms with Gasteiger partial charge in [0.05, 0.1) is 0 Å². The normalized spacial score (nSPS) is 15.8. The Morgan fingerprint density at radius 2 is 1.53 bits per heavy atom. The summed E-state index contributed by atoms with van der Waals surface area (Å²) in [6.45, 7) is 7.12. The molecule has 0 spiro atoms. The van der Waals surface area contributed by atoms with Crippen molar-refractivity contribution < 1.29 is 20.3 Å². The first-order chi connectivity index (χ1) is 7.29. The first-order valence-corrected chi connectivity index (χ1v) is 13.1. The van der Waals surface area contributed by atoms with E-state index in [4.69, 9.17) is 0 Å². The molecule has 0 aromatic carbocycles. The van der Waals surface area contributed by atoms with Gasteiger partial charge in [0.25, 0.3) is 0 Å². The maximum absolute atomic E-state index is 2.47. The van der Waals surface area contributed by atoms with E-state index in [1.165, 1.54) is 25.7 Å². The van der Waals surface area contributed by atoms with Crippen molar-refractivity contribution in [2.24, 2.45) is 0 Å². The van der Waals surface area contributed by atoms with E-state index >= 15 is 0 Å². The van der Waals surface area contributed by atoms with Crippen molar-refractivity contribution in [3.05, 3.63) is 21.5 Å². The van der Waals surface area contributed by atoms with Crippen molar-refractivity contribution >= 4 is 0 Å². The molecule has 86 valence electrons. The van der Waals surface area contributed by atoms with Crippen LogP contribution in [0.3, 0.4) is 0 Å². The standard InChI is InChI=1S/C5H5.3C3H7.Zr/c1-2-4-5-3-1;3*1-3-2;/h1-3H,4H2;3*1,3H2,2H3;. The molecule has 0 N–H and O–H groups in total. The van der Waals surface area contributed by atoms with Crippen LogP contribution in [0, 0.1) is 0 Å². The molecule has 0 aromatic heterocycles. The molecule has 0 heterocycles. The van der Waals surface area contributed by atoms with E-state index in [9.17, 15) is 0 Å². The summed E-state index contributed by atoms with van der Waals surface area (Å²) in [7, 11) is 0. The van der Waals surface area contributed by atoms with Gasteiger partial charge in [0.1, 0.15) is 0 Å². The van der Waals surface area contributed by atoms with Crippen molar-refractivity contribution in [1.29, 1.82) is 0 Å². The minimum absolute atomic E-state index is 1.30. The second-order valence-corrected chi connectivity index (χ2v) is 16.4. The molecule has 1 aliphatic rings. The quantitative estimate of drug-likeness (QED) is 0.582. The predicted molar refractivity (Wildman–Crippen MR) is 67.1 cm³/mol. The number of hydrogen-bond acceptors (Lipinski definition) is 0. The third-order valence-electron chi connectivity index (χ3n) is 3.64. The van der Waals surface area contributed by atoms with Gasteiger partial charge in [-0.1, -0.05) is 0 Å². The zero-order chi connectivity index (χ0) is 11.1. The van der Waals surface area contributed by atoms with Crippen LogP contribution in [0.4, 0.5) is 0 Å². The van der Waals surface area contributed by atoms with Gasteiger partial charge in [-0.25, -0.2) is 0 Å². The van der Waals surface area contributed by atoms with E-state index in [-0.39, 0.29) is 0 Å². The van der Waals surface area contributed by atoms with E-state index in [1.54, 1.807) is 12.4 Å². The molecule has 0 unspecified atom stereocenters. The van der Waals surface area contributed by atoms with Gasteiger partial charge in [-0.2, -0.15) is 0 Å². The summed E-state index contributed by atoms with van der Waals surface area (Å²) in [5, 5.41) is 0. The number of rotatable bonds is 7. The van der Waals surface area contributed by atoms with Crippen molar-refractivity contribution in [3.63, 3.8) is 0 Å². The molecule has 0 bridgehead atoms. The summed E-state index contributed by atoms with van der Waals surface area (Å²) in [6, 6.07) is 0. The van der Waals surface area contributed by atoms with E-state index in [2.05, 4.69) is 39.0 Å². The molecule has 1 heteroatoms. The Bertz CT molecular complexity index is 221. The van der Waals surface area contributed by atoms with Crippen LogP contribution < -0.4 is 0 Å². The number of hydrogen-bond donors (Lipinski definition) is 0. The van der Waals surface area contributed by atoms with Gasteiger partial charge in [0.15, 0.2) is 0 Å². The Balaban J connectivity index is 2.79.